The largest absolute Gasteiger partial charge is 0.459 e. The number of nitrogens with one attached hydrogen (secondary N) is 1. The highest BCUT2D eigenvalue weighted by molar-refractivity contribution is 7.90. The molecular formula is C21H18ClN3O4S. The van der Waals surface area contributed by atoms with Gasteiger partial charge in [0.15, 0.2) is 0 Å². The average Bonchev–Trinajstić information content (AvgIpc) is 2.96. The van der Waals surface area contributed by atoms with Gasteiger partial charge in [-0.1, -0.05) is 35.9 Å². The molecule has 1 atom stereocenters. The molecule has 1 N–H and O–H groups in total. The molecule has 0 saturated heterocycles. The summed E-state index contributed by atoms with van der Waals surface area (Å²) >= 11 is 6.24. The molecule has 1 aromatic heterocycles. The Morgan fingerprint density at radius 3 is 2.80 bits per heavy atom. The zero-order chi connectivity index (χ0) is 21.5. The van der Waals surface area contributed by atoms with E-state index in [2.05, 4.69) is 14.7 Å². The molecule has 0 aliphatic carbocycles. The minimum atomic E-state index is -3.67. The molecule has 2 aromatic carbocycles. The number of halogens is 1. The van der Waals surface area contributed by atoms with Gasteiger partial charge in [-0.2, -0.15) is 0 Å². The van der Waals surface area contributed by atoms with Crippen LogP contribution in [0.15, 0.2) is 58.4 Å². The van der Waals surface area contributed by atoms with Crippen LogP contribution in [0.1, 0.15) is 23.6 Å². The highest BCUT2D eigenvalue weighted by atomic mass is 35.5. The third-order valence-electron chi connectivity index (χ3n) is 4.70. The van der Waals surface area contributed by atoms with Gasteiger partial charge in [-0.25, -0.2) is 18.2 Å². The van der Waals surface area contributed by atoms with Crippen LogP contribution < -0.4 is 4.72 Å². The molecule has 0 bridgehead atoms. The van der Waals surface area contributed by atoms with E-state index in [1.54, 1.807) is 18.2 Å². The minimum Gasteiger partial charge on any atom is -0.459 e. The lowest BCUT2D eigenvalue weighted by atomic mass is 10.1. The standard InChI is InChI=1S/C21H18ClN3O4S/c1-12-7-8-14-10-15(19(22)24-17(14)9-12)11-29-21(26)13(2)23-20-16-5-3-4-6-18(16)30(27,28)25-20/h3-10,13H,11H2,1-2H3,(H,23,25). The number of benzene rings is 2. The number of carbonyl (C=O) groups excluding carboxylic acids is 1. The molecule has 4 rings (SSSR count). The number of pyridine rings is 1. The van der Waals surface area contributed by atoms with E-state index < -0.39 is 22.0 Å². The molecule has 0 radical (unpaired) electrons. The van der Waals surface area contributed by atoms with Gasteiger partial charge in [0.2, 0.25) is 0 Å². The molecule has 2 heterocycles. The number of amidine groups is 1. The number of aryl methyl sites for hydroxylation is 1. The van der Waals surface area contributed by atoms with Crippen molar-refractivity contribution < 1.29 is 17.9 Å². The van der Waals surface area contributed by atoms with E-state index in [4.69, 9.17) is 16.3 Å². The number of carbonyl (C=O) groups is 1. The fraction of sp³-hybridized carbons (Fsp3) is 0.190. The van der Waals surface area contributed by atoms with Gasteiger partial charge in [0.1, 0.15) is 23.6 Å². The maximum atomic E-state index is 12.4. The van der Waals surface area contributed by atoms with E-state index in [-0.39, 0.29) is 22.5 Å². The fourth-order valence-corrected chi connectivity index (χ4v) is 4.58. The summed E-state index contributed by atoms with van der Waals surface area (Å²) in [6.45, 7) is 3.44. The monoisotopic (exact) mass is 443 g/mol. The molecule has 7 nitrogen and oxygen atoms in total. The summed E-state index contributed by atoms with van der Waals surface area (Å²) < 4.78 is 32.0. The molecular weight excluding hydrogens is 426 g/mol. The predicted octanol–water partition coefficient (Wildman–Crippen LogP) is 3.37. The quantitative estimate of drug-likeness (QED) is 0.492. The first-order valence-corrected chi connectivity index (χ1v) is 11.0. The predicted molar refractivity (Wildman–Crippen MR) is 114 cm³/mol. The number of rotatable bonds is 4. The number of hydrogen-bond acceptors (Lipinski definition) is 6. The number of nitrogens with zero attached hydrogens (tertiary/aromatic N) is 2. The summed E-state index contributed by atoms with van der Waals surface area (Å²) in [4.78, 5) is 21.1. The molecule has 0 spiro atoms. The van der Waals surface area contributed by atoms with Crippen molar-refractivity contribution in [3.05, 3.63) is 70.4 Å². The van der Waals surface area contributed by atoms with Crippen molar-refractivity contribution in [1.29, 1.82) is 0 Å². The number of sulfonamides is 1. The summed E-state index contributed by atoms with van der Waals surface area (Å²) in [7, 11) is -3.67. The summed E-state index contributed by atoms with van der Waals surface area (Å²) in [5, 5.41) is 1.15. The van der Waals surface area contributed by atoms with E-state index in [1.165, 1.54) is 13.0 Å². The average molecular weight is 444 g/mol. The summed E-state index contributed by atoms with van der Waals surface area (Å²) in [6, 6.07) is 13.2. The molecule has 154 valence electrons. The zero-order valence-corrected chi connectivity index (χ0v) is 17.8. The Morgan fingerprint density at radius 2 is 2.00 bits per heavy atom. The molecule has 0 amide bonds. The smallest absolute Gasteiger partial charge is 0.330 e. The lowest BCUT2D eigenvalue weighted by Gasteiger charge is -2.11. The lowest BCUT2D eigenvalue weighted by Crippen LogP contribution is -2.26. The number of aromatic nitrogens is 1. The van der Waals surface area contributed by atoms with Crippen LogP contribution in [0.25, 0.3) is 10.9 Å². The highest BCUT2D eigenvalue weighted by Gasteiger charge is 2.31. The van der Waals surface area contributed by atoms with Crippen LogP contribution in [0.5, 0.6) is 0 Å². The van der Waals surface area contributed by atoms with Crippen molar-refractivity contribution >= 4 is 44.3 Å². The van der Waals surface area contributed by atoms with Crippen LogP contribution in [-0.2, 0) is 26.2 Å². The van der Waals surface area contributed by atoms with Crippen molar-refractivity contribution in [2.24, 2.45) is 4.99 Å². The first kappa shape index (κ1) is 20.3. The number of ether oxygens (including phenoxy) is 1. The van der Waals surface area contributed by atoms with Gasteiger partial charge in [-0.15, -0.1) is 0 Å². The molecule has 0 saturated carbocycles. The second-order valence-electron chi connectivity index (χ2n) is 7.00. The van der Waals surface area contributed by atoms with Gasteiger partial charge in [-0.05, 0) is 43.7 Å². The Morgan fingerprint density at radius 1 is 1.23 bits per heavy atom. The van der Waals surface area contributed by atoms with Crippen molar-refractivity contribution in [3.8, 4) is 0 Å². The second kappa shape index (κ2) is 7.70. The summed E-state index contributed by atoms with van der Waals surface area (Å²) in [6.07, 6.45) is 0. The van der Waals surface area contributed by atoms with E-state index in [1.807, 2.05) is 31.2 Å². The number of hydrogen-bond donors (Lipinski definition) is 1. The van der Waals surface area contributed by atoms with Gasteiger partial charge < -0.3 is 4.74 Å². The van der Waals surface area contributed by atoms with Crippen molar-refractivity contribution in [1.82, 2.24) is 9.71 Å². The number of fused-ring (bicyclic) bond motifs is 2. The Bertz CT molecular complexity index is 1300. The molecule has 3 aromatic rings. The van der Waals surface area contributed by atoms with E-state index in [0.29, 0.717) is 11.1 Å². The van der Waals surface area contributed by atoms with Crippen LogP contribution in [-0.4, -0.2) is 31.2 Å². The normalized spacial score (nSPS) is 16.8. The van der Waals surface area contributed by atoms with Crippen molar-refractivity contribution in [2.45, 2.75) is 31.4 Å². The van der Waals surface area contributed by atoms with Crippen LogP contribution in [0.2, 0.25) is 5.15 Å². The summed E-state index contributed by atoms with van der Waals surface area (Å²) in [5.74, 6) is -0.484. The first-order valence-electron chi connectivity index (χ1n) is 9.17. The minimum absolute atomic E-state index is 0.0635. The lowest BCUT2D eigenvalue weighted by molar-refractivity contribution is -0.145. The Balaban J connectivity index is 1.50. The fourth-order valence-electron chi connectivity index (χ4n) is 3.14. The highest BCUT2D eigenvalue weighted by Crippen LogP contribution is 2.24. The van der Waals surface area contributed by atoms with Gasteiger partial charge in [-0.3, -0.25) is 9.71 Å². The summed E-state index contributed by atoms with van der Waals surface area (Å²) in [5.41, 5.74) is 2.84. The van der Waals surface area contributed by atoms with Crippen LogP contribution >= 0.6 is 11.6 Å². The SMILES string of the molecule is Cc1ccc2cc(COC(=O)C(C)N=C3NS(=O)(=O)c4ccccc43)c(Cl)nc2c1. The maximum Gasteiger partial charge on any atom is 0.330 e. The van der Waals surface area contributed by atoms with Crippen molar-refractivity contribution in [2.75, 3.05) is 0 Å². The van der Waals surface area contributed by atoms with E-state index in [0.717, 1.165) is 16.5 Å². The Hall–Kier alpha value is -2.97. The van der Waals surface area contributed by atoms with E-state index >= 15 is 0 Å². The Labute approximate surface area is 178 Å². The van der Waals surface area contributed by atoms with Crippen LogP contribution in [0, 0.1) is 6.92 Å². The third kappa shape index (κ3) is 3.88. The second-order valence-corrected chi connectivity index (χ2v) is 9.01. The zero-order valence-electron chi connectivity index (χ0n) is 16.2. The molecule has 1 unspecified atom stereocenters. The van der Waals surface area contributed by atoms with Gasteiger partial charge in [0.25, 0.3) is 10.0 Å². The van der Waals surface area contributed by atoms with Crippen LogP contribution in [0.3, 0.4) is 0 Å². The topological polar surface area (TPSA) is 97.7 Å². The molecule has 9 heteroatoms. The van der Waals surface area contributed by atoms with Gasteiger partial charge >= 0.3 is 5.97 Å². The van der Waals surface area contributed by atoms with Gasteiger partial charge in [0.05, 0.1) is 10.4 Å². The van der Waals surface area contributed by atoms with Gasteiger partial charge in [0, 0.05) is 16.5 Å². The molecule has 30 heavy (non-hydrogen) atoms. The maximum absolute atomic E-state index is 12.4. The Kier molecular flexibility index (Phi) is 5.21. The first-order chi connectivity index (χ1) is 14.2. The van der Waals surface area contributed by atoms with Crippen molar-refractivity contribution in [3.63, 3.8) is 0 Å². The molecule has 0 fully saturated rings. The number of esters is 1. The molecule has 1 aliphatic rings. The third-order valence-corrected chi connectivity index (χ3v) is 6.42. The van der Waals surface area contributed by atoms with Crippen LogP contribution in [0.4, 0.5) is 0 Å². The number of aliphatic imine (C=N–C) groups is 1. The van der Waals surface area contributed by atoms with E-state index in [9.17, 15) is 13.2 Å². The molecule has 1 aliphatic heterocycles.